The highest BCUT2D eigenvalue weighted by Gasteiger charge is 1.96. The van der Waals surface area contributed by atoms with E-state index >= 15 is 0 Å². The zero-order chi connectivity index (χ0) is 10.4. The van der Waals surface area contributed by atoms with Crippen LogP contribution in [0.1, 0.15) is 5.56 Å². The fourth-order valence-corrected chi connectivity index (χ4v) is 1.40. The molecule has 0 unspecified atom stereocenters. The molecule has 0 aliphatic heterocycles. The van der Waals surface area contributed by atoms with E-state index < -0.39 is 0 Å². The summed E-state index contributed by atoms with van der Waals surface area (Å²) in [5.41, 5.74) is 12.9. The molecule has 0 saturated carbocycles. The van der Waals surface area contributed by atoms with Crippen molar-refractivity contribution < 1.29 is 4.74 Å². The summed E-state index contributed by atoms with van der Waals surface area (Å²) in [6.07, 6.45) is 0. The Morgan fingerprint density at radius 1 is 1.43 bits per heavy atom. The Bertz CT molecular complexity index is 308. The average molecular weight is 210 g/mol. The summed E-state index contributed by atoms with van der Waals surface area (Å²) in [5, 5.41) is 1.85. The van der Waals surface area contributed by atoms with Crippen LogP contribution < -0.4 is 16.2 Å². The van der Waals surface area contributed by atoms with Crippen molar-refractivity contribution in [2.24, 2.45) is 11.5 Å². The van der Waals surface area contributed by atoms with E-state index in [-0.39, 0.29) is 0 Å². The maximum Gasteiger partial charge on any atom is 0.118 e. The van der Waals surface area contributed by atoms with Gasteiger partial charge < -0.3 is 16.2 Å². The fraction of sp³-hybridized carbons (Fsp3) is 0.200. The summed E-state index contributed by atoms with van der Waals surface area (Å²) in [6.45, 7) is 0. The minimum atomic E-state index is 0.539. The third kappa shape index (κ3) is 2.97. The van der Waals surface area contributed by atoms with Crippen LogP contribution >= 0.6 is 11.8 Å². The van der Waals surface area contributed by atoms with Crippen molar-refractivity contribution >= 4 is 17.5 Å². The standard InChI is InChI=1S/C10H14N2OS/c1-13-9-4-2-8(3-5-9)10(12)6-14-7-11/h2-6H,7,11-12H2,1H3/b10-6-. The van der Waals surface area contributed by atoms with Crippen LogP contribution in [0.25, 0.3) is 5.70 Å². The first-order chi connectivity index (χ1) is 6.77. The second-order valence-electron chi connectivity index (χ2n) is 2.64. The Hall–Kier alpha value is -1.13. The van der Waals surface area contributed by atoms with Gasteiger partial charge in [-0.2, -0.15) is 0 Å². The van der Waals surface area contributed by atoms with Crippen molar-refractivity contribution in [3.05, 3.63) is 35.2 Å². The van der Waals surface area contributed by atoms with Gasteiger partial charge in [0.1, 0.15) is 5.75 Å². The van der Waals surface area contributed by atoms with Crippen molar-refractivity contribution in [2.45, 2.75) is 0 Å². The van der Waals surface area contributed by atoms with Crippen LogP contribution in [0.4, 0.5) is 0 Å². The van der Waals surface area contributed by atoms with E-state index in [1.807, 2.05) is 29.7 Å². The van der Waals surface area contributed by atoms with Crippen molar-refractivity contribution in [3.63, 3.8) is 0 Å². The van der Waals surface area contributed by atoms with E-state index in [1.54, 1.807) is 7.11 Å². The number of thioether (sulfide) groups is 1. The third-order valence-corrected chi connectivity index (χ3v) is 2.34. The molecule has 4 N–H and O–H groups in total. The van der Waals surface area contributed by atoms with Gasteiger partial charge in [0.2, 0.25) is 0 Å². The van der Waals surface area contributed by atoms with Crippen molar-refractivity contribution in [1.29, 1.82) is 0 Å². The fourth-order valence-electron chi connectivity index (χ4n) is 0.989. The van der Waals surface area contributed by atoms with Crippen LogP contribution in [0, 0.1) is 0 Å². The lowest BCUT2D eigenvalue weighted by atomic mass is 10.2. The quantitative estimate of drug-likeness (QED) is 0.741. The predicted molar refractivity (Wildman–Crippen MR) is 61.8 cm³/mol. The highest BCUT2D eigenvalue weighted by atomic mass is 32.2. The summed E-state index contributed by atoms with van der Waals surface area (Å²) >= 11 is 1.48. The summed E-state index contributed by atoms with van der Waals surface area (Å²) in [7, 11) is 1.64. The monoisotopic (exact) mass is 210 g/mol. The number of hydrogen-bond acceptors (Lipinski definition) is 4. The second kappa shape index (κ2) is 5.57. The summed E-state index contributed by atoms with van der Waals surface area (Å²) < 4.78 is 5.04. The molecule has 4 heteroatoms. The maximum atomic E-state index is 5.82. The summed E-state index contributed by atoms with van der Waals surface area (Å²) in [4.78, 5) is 0. The molecule has 3 nitrogen and oxygen atoms in total. The average Bonchev–Trinajstić information content (AvgIpc) is 2.26. The largest absolute Gasteiger partial charge is 0.497 e. The first kappa shape index (κ1) is 10.9. The van der Waals surface area contributed by atoms with Gasteiger partial charge in [0, 0.05) is 11.6 Å². The number of rotatable bonds is 4. The van der Waals surface area contributed by atoms with Crippen LogP contribution in [0.15, 0.2) is 29.7 Å². The highest BCUT2D eigenvalue weighted by molar-refractivity contribution is 8.02. The molecule has 0 aliphatic rings. The number of hydrogen-bond donors (Lipinski definition) is 2. The third-order valence-electron chi connectivity index (χ3n) is 1.73. The maximum absolute atomic E-state index is 5.82. The van der Waals surface area contributed by atoms with Gasteiger partial charge >= 0.3 is 0 Å². The molecule has 0 spiro atoms. The van der Waals surface area contributed by atoms with Crippen LogP contribution in [-0.4, -0.2) is 13.0 Å². The lowest BCUT2D eigenvalue weighted by molar-refractivity contribution is 0.415. The Balaban J connectivity index is 2.76. The Morgan fingerprint density at radius 3 is 2.57 bits per heavy atom. The van der Waals surface area contributed by atoms with Gasteiger partial charge in [-0.15, -0.1) is 11.8 Å². The SMILES string of the molecule is COc1ccc(/C(N)=C/SCN)cc1. The lowest BCUT2D eigenvalue weighted by Gasteiger charge is -2.03. The first-order valence-electron chi connectivity index (χ1n) is 4.19. The number of methoxy groups -OCH3 is 1. The van der Waals surface area contributed by atoms with Gasteiger partial charge in [-0.1, -0.05) is 0 Å². The molecule has 0 bridgehead atoms. The Morgan fingerprint density at radius 2 is 2.07 bits per heavy atom. The predicted octanol–water partition coefficient (Wildman–Crippen LogP) is 1.60. The molecule has 1 aromatic rings. The molecular formula is C10H14N2OS. The molecule has 0 radical (unpaired) electrons. The molecule has 76 valence electrons. The van der Waals surface area contributed by atoms with Crippen molar-refractivity contribution in [1.82, 2.24) is 0 Å². The van der Waals surface area contributed by atoms with Gasteiger partial charge in [0.05, 0.1) is 7.11 Å². The first-order valence-corrected chi connectivity index (χ1v) is 5.24. The van der Waals surface area contributed by atoms with Crippen LogP contribution in [0.3, 0.4) is 0 Å². The second-order valence-corrected chi connectivity index (χ2v) is 3.54. The van der Waals surface area contributed by atoms with Crippen LogP contribution in [0.2, 0.25) is 0 Å². The van der Waals surface area contributed by atoms with Gasteiger partial charge in [0.25, 0.3) is 0 Å². The van der Waals surface area contributed by atoms with E-state index in [0.717, 1.165) is 17.0 Å². The summed E-state index contributed by atoms with van der Waals surface area (Å²) in [6, 6.07) is 7.59. The van der Waals surface area contributed by atoms with Crippen LogP contribution in [-0.2, 0) is 0 Å². The lowest BCUT2D eigenvalue weighted by Crippen LogP contribution is -1.97. The van der Waals surface area contributed by atoms with Crippen molar-refractivity contribution in [2.75, 3.05) is 13.0 Å². The minimum Gasteiger partial charge on any atom is -0.497 e. The van der Waals surface area contributed by atoms with E-state index in [0.29, 0.717) is 5.88 Å². The van der Waals surface area contributed by atoms with E-state index in [4.69, 9.17) is 16.2 Å². The van der Waals surface area contributed by atoms with E-state index in [9.17, 15) is 0 Å². The Labute approximate surface area is 88.1 Å². The van der Waals surface area contributed by atoms with E-state index in [1.165, 1.54) is 11.8 Å². The molecule has 1 aromatic carbocycles. The number of benzene rings is 1. The molecule has 0 heterocycles. The van der Waals surface area contributed by atoms with Gasteiger partial charge in [-0.05, 0) is 35.2 Å². The molecule has 1 rings (SSSR count). The molecule has 14 heavy (non-hydrogen) atoms. The minimum absolute atomic E-state index is 0.539. The molecule has 0 aliphatic carbocycles. The van der Waals surface area contributed by atoms with Gasteiger partial charge in [-0.3, -0.25) is 0 Å². The topological polar surface area (TPSA) is 61.3 Å². The summed E-state index contributed by atoms with van der Waals surface area (Å²) in [5.74, 6) is 1.37. The van der Waals surface area contributed by atoms with Gasteiger partial charge in [-0.25, -0.2) is 0 Å². The normalized spacial score (nSPS) is 11.4. The zero-order valence-electron chi connectivity index (χ0n) is 8.07. The molecule has 0 aromatic heterocycles. The Kier molecular flexibility index (Phi) is 4.35. The molecule has 0 fully saturated rings. The van der Waals surface area contributed by atoms with Gasteiger partial charge in [0.15, 0.2) is 0 Å². The molecule has 0 saturated heterocycles. The van der Waals surface area contributed by atoms with E-state index in [2.05, 4.69) is 0 Å². The van der Waals surface area contributed by atoms with Crippen LogP contribution in [0.5, 0.6) is 5.75 Å². The smallest absolute Gasteiger partial charge is 0.118 e. The number of nitrogens with two attached hydrogens (primary N) is 2. The zero-order valence-corrected chi connectivity index (χ0v) is 8.88. The number of ether oxygens (including phenoxy) is 1. The highest BCUT2D eigenvalue weighted by Crippen LogP contribution is 2.17. The van der Waals surface area contributed by atoms with Crippen molar-refractivity contribution in [3.8, 4) is 5.75 Å². The molecule has 0 amide bonds. The molecular weight excluding hydrogens is 196 g/mol. The molecule has 0 atom stereocenters.